The Bertz CT molecular complexity index is 566. The maximum absolute atomic E-state index is 12.3. The Morgan fingerprint density at radius 2 is 2.48 bits per heavy atom. The topological polar surface area (TPSA) is 77.4 Å². The van der Waals surface area contributed by atoms with Crippen LogP contribution in [-0.4, -0.2) is 52.5 Å². The molecule has 1 aliphatic heterocycles. The van der Waals surface area contributed by atoms with Gasteiger partial charge in [0.05, 0.1) is 18.6 Å². The number of aromatic nitrogens is 2. The molecule has 1 unspecified atom stereocenters. The van der Waals surface area contributed by atoms with E-state index in [1.54, 1.807) is 24.9 Å². The number of hydrogen-bond donors (Lipinski definition) is 2. The molecule has 1 saturated heterocycles. The molecular formula is C14H19N5O2. The molecule has 3 rings (SSSR count). The third kappa shape index (κ3) is 3.08. The fourth-order valence-electron chi connectivity index (χ4n) is 2.50. The van der Waals surface area contributed by atoms with E-state index < -0.39 is 0 Å². The first-order valence-corrected chi connectivity index (χ1v) is 6.97. The summed E-state index contributed by atoms with van der Waals surface area (Å²) in [6.07, 6.45) is 6.78. The van der Waals surface area contributed by atoms with Crippen LogP contribution in [0.2, 0.25) is 0 Å². The molecule has 1 atom stereocenters. The second kappa shape index (κ2) is 6.01. The molecule has 2 amide bonds. The third-order valence-electron chi connectivity index (χ3n) is 3.79. The fraction of sp³-hybridized carbons (Fsp3) is 0.429. The van der Waals surface area contributed by atoms with Gasteiger partial charge < -0.3 is 19.6 Å². The van der Waals surface area contributed by atoms with E-state index in [1.807, 2.05) is 18.0 Å². The van der Waals surface area contributed by atoms with Crippen LogP contribution < -0.4 is 5.32 Å². The summed E-state index contributed by atoms with van der Waals surface area (Å²) in [4.78, 5) is 23.7. The van der Waals surface area contributed by atoms with Crippen LogP contribution in [0.5, 0.6) is 0 Å². The molecule has 112 valence electrons. The molecule has 0 aliphatic carbocycles. The molecule has 3 heterocycles. The molecule has 7 heteroatoms. The molecule has 0 radical (unpaired) electrons. The molecular weight excluding hydrogens is 270 g/mol. The molecule has 1 aliphatic rings. The lowest BCUT2D eigenvalue weighted by Gasteiger charge is -2.38. The molecule has 0 saturated carbocycles. The number of likely N-dealkylation sites (N-methyl/N-ethyl adjacent to an activating group) is 1. The number of furan rings is 1. The number of nitrogens with zero attached hydrogens (tertiary/aromatic N) is 3. The maximum atomic E-state index is 12.3. The van der Waals surface area contributed by atoms with Crippen molar-refractivity contribution in [2.75, 3.05) is 26.7 Å². The molecule has 0 aromatic carbocycles. The largest absolute Gasteiger partial charge is 0.472 e. The van der Waals surface area contributed by atoms with Crippen LogP contribution in [0.1, 0.15) is 17.4 Å². The Hall–Kier alpha value is -2.28. The third-order valence-corrected chi connectivity index (χ3v) is 3.79. The number of imidazole rings is 1. The van der Waals surface area contributed by atoms with Crippen molar-refractivity contribution < 1.29 is 9.21 Å². The lowest BCUT2D eigenvalue weighted by molar-refractivity contribution is 0.106. The first-order valence-electron chi connectivity index (χ1n) is 6.97. The van der Waals surface area contributed by atoms with Crippen LogP contribution in [0.4, 0.5) is 4.79 Å². The molecule has 1 fully saturated rings. The van der Waals surface area contributed by atoms with E-state index in [9.17, 15) is 4.79 Å². The van der Waals surface area contributed by atoms with E-state index in [4.69, 9.17) is 4.42 Å². The number of carbonyl (C=O) groups is 1. The summed E-state index contributed by atoms with van der Waals surface area (Å²) in [6, 6.07) is 1.89. The number of aromatic amines is 1. The predicted octanol–water partition coefficient (Wildman–Crippen LogP) is 1.20. The molecule has 2 aromatic heterocycles. The van der Waals surface area contributed by atoms with E-state index in [2.05, 4.69) is 20.2 Å². The minimum atomic E-state index is -0.0548. The monoisotopic (exact) mass is 289 g/mol. The number of piperazine rings is 1. The number of urea groups is 1. The van der Waals surface area contributed by atoms with Crippen LogP contribution in [0.3, 0.4) is 0 Å². The summed E-state index contributed by atoms with van der Waals surface area (Å²) in [5.41, 5.74) is 0.958. The second-order valence-corrected chi connectivity index (χ2v) is 5.21. The molecule has 7 nitrogen and oxygen atoms in total. The zero-order valence-corrected chi connectivity index (χ0v) is 12.0. The molecule has 0 bridgehead atoms. The summed E-state index contributed by atoms with van der Waals surface area (Å²) < 4.78 is 4.99. The molecule has 0 spiro atoms. The average Bonchev–Trinajstić information content (AvgIpc) is 3.18. The van der Waals surface area contributed by atoms with Crippen molar-refractivity contribution in [3.05, 3.63) is 42.4 Å². The van der Waals surface area contributed by atoms with Crippen molar-refractivity contribution in [2.24, 2.45) is 0 Å². The number of H-pyrrole nitrogens is 1. The van der Waals surface area contributed by atoms with Gasteiger partial charge in [-0.1, -0.05) is 0 Å². The van der Waals surface area contributed by atoms with Crippen LogP contribution in [0, 0.1) is 0 Å². The molecule has 21 heavy (non-hydrogen) atoms. The Kier molecular flexibility index (Phi) is 3.92. The van der Waals surface area contributed by atoms with Gasteiger partial charge in [-0.3, -0.25) is 4.90 Å². The van der Waals surface area contributed by atoms with Gasteiger partial charge in [-0.2, -0.15) is 0 Å². The maximum Gasteiger partial charge on any atom is 0.317 e. The minimum absolute atomic E-state index is 0.0548. The van der Waals surface area contributed by atoms with Crippen LogP contribution in [-0.2, 0) is 6.54 Å². The summed E-state index contributed by atoms with van der Waals surface area (Å²) in [5, 5.41) is 2.91. The van der Waals surface area contributed by atoms with Crippen molar-refractivity contribution in [1.82, 2.24) is 25.1 Å². The molecule has 2 aromatic rings. The van der Waals surface area contributed by atoms with E-state index in [0.29, 0.717) is 19.6 Å². The van der Waals surface area contributed by atoms with Gasteiger partial charge in [-0.05, 0) is 13.1 Å². The summed E-state index contributed by atoms with van der Waals surface area (Å²) in [5.74, 6) is 0.893. The van der Waals surface area contributed by atoms with E-state index >= 15 is 0 Å². The highest BCUT2D eigenvalue weighted by atomic mass is 16.3. The van der Waals surface area contributed by atoms with Crippen molar-refractivity contribution in [3.63, 3.8) is 0 Å². The fourth-order valence-corrected chi connectivity index (χ4v) is 2.50. The molecule has 2 N–H and O–H groups in total. The first-order chi connectivity index (χ1) is 10.2. The van der Waals surface area contributed by atoms with Crippen molar-refractivity contribution >= 4 is 6.03 Å². The number of rotatable bonds is 3. The van der Waals surface area contributed by atoms with Gasteiger partial charge in [-0.25, -0.2) is 9.78 Å². The number of nitrogens with one attached hydrogen (secondary N) is 2. The average molecular weight is 289 g/mol. The lowest BCUT2D eigenvalue weighted by Crippen LogP contribution is -2.52. The van der Waals surface area contributed by atoms with Gasteiger partial charge >= 0.3 is 6.03 Å². The van der Waals surface area contributed by atoms with Crippen LogP contribution in [0.25, 0.3) is 0 Å². The van der Waals surface area contributed by atoms with Gasteiger partial charge in [0.1, 0.15) is 5.82 Å². The van der Waals surface area contributed by atoms with E-state index in [-0.39, 0.29) is 12.1 Å². The van der Waals surface area contributed by atoms with Gasteiger partial charge in [0, 0.05) is 44.1 Å². The highest BCUT2D eigenvalue weighted by Crippen LogP contribution is 2.20. The Balaban J connectivity index is 1.59. The van der Waals surface area contributed by atoms with Gasteiger partial charge in [0.15, 0.2) is 0 Å². The zero-order chi connectivity index (χ0) is 14.7. The predicted molar refractivity (Wildman–Crippen MR) is 76.5 cm³/mol. The van der Waals surface area contributed by atoms with E-state index in [0.717, 1.165) is 17.9 Å². The highest BCUT2D eigenvalue weighted by molar-refractivity contribution is 5.74. The Labute approximate surface area is 122 Å². The lowest BCUT2D eigenvalue weighted by atomic mass is 10.1. The minimum Gasteiger partial charge on any atom is -0.472 e. The van der Waals surface area contributed by atoms with Crippen molar-refractivity contribution in [2.45, 2.75) is 12.6 Å². The van der Waals surface area contributed by atoms with E-state index in [1.165, 1.54) is 0 Å². The number of hydrogen-bond acceptors (Lipinski definition) is 4. The quantitative estimate of drug-likeness (QED) is 0.890. The number of carbonyl (C=O) groups excluding carboxylic acids is 1. The normalized spacial score (nSPS) is 19.7. The smallest absolute Gasteiger partial charge is 0.317 e. The SMILES string of the molecule is CN1CCN(C(=O)NCc2ccoc2)CC1c1ncc[nH]1. The summed E-state index contributed by atoms with van der Waals surface area (Å²) >= 11 is 0. The van der Waals surface area contributed by atoms with Gasteiger partial charge in [0.2, 0.25) is 0 Å². The zero-order valence-electron chi connectivity index (χ0n) is 12.0. The Morgan fingerprint density at radius 1 is 1.57 bits per heavy atom. The Morgan fingerprint density at radius 3 is 3.19 bits per heavy atom. The van der Waals surface area contributed by atoms with Gasteiger partial charge in [0.25, 0.3) is 0 Å². The standard InChI is InChI=1S/C14H19N5O2/c1-18-5-6-19(9-12(18)13-15-3-4-16-13)14(20)17-8-11-2-7-21-10-11/h2-4,7,10,12H,5-6,8-9H2,1H3,(H,15,16)(H,17,20). The summed E-state index contributed by atoms with van der Waals surface area (Å²) in [6.45, 7) is 2.64. The van der Waals surface area contributed by atoms with Crippen molar-refractivity contribution in [1.29, 1.82) is 0 Å². The van der Waals surface area contributed by atoms with Gasteiger partial charge in [-0.15, -0.1) is 0 Å². The van der Waals surface area contributed by atoms with Crippen molar-refractivity contribution in [3.8, 4) is 0 Å². The van der Waals surface area contributed by atoms with Crippen LogP contribution in [0.15, 0.2) is 35.4 Å². The number of amides is 2. The highest BCUT2D eigenvalue weighted by Gasteiger charge is 2.29. The summed E-state index contributed by atoms with van der Waals surface area (Å²) in [7, 11) is 2.05. The second-order valence-electron chi connectivity index (χ2n) is 5.21. The van der Waals surface area contributed by atoms with Crippen LogP contribution >= 0.6 is 0 Å². The first kappa shape index (κ1) is 13.7.